The highest BCUT2D eigenvalue weighted by Gasteiger charge is 2.24. The van der Waals surface area contributed by atoms with E-state index < -0.39 is 0 Å². The number of fused-ring (bicyclic) bond motifs is 1. The minimum atomic E-state index is -0.367. The van der Waals surface area contributed by atoms with Gasteiger partial charge in [-0.25, -0.2) is 4.79 Å². The molecule has 1 aromatic heterocycles. The van der Waals surface area contributed by atoms with Crippen molar-refractivity contribution in [3.05, 3.63) is 58.2 Å². The molecule has 0 bridgehead atoms. The van der Waals surface area contributed by atoms with Crippen LogP contribution in [-0.4, -0.2) is 24.3 Å². The van der Waals surface area contributed by atoms with Crippen LogP contribution in [0.1, 0.15) is 23.0 Å². The Bertz CT molecular complexity index is 934. The molecule has 26 heavy (non-hydrogen) atoms. The van der Waals surface area contributed by atoms with Gasteiger partial charge in [0.15, 0.2) is 0 Å². The van der Waals surface area contributed by atoms with Gasteiger partial charge in [0, 0.05) is 12.4 Å². The van der Waals surface area contributed by atoms with Crippen molar-refractivity contribution in [2.75, 3.05) is 13.7 Å². The lowest BCUT2D eigenvalue weighted by molar-refractivity contribution is 0.0525. The molecule has 0 saturated heterocycles. The predicted molar refractivity (Wildman–Crippen MR) is 104 cm³/mol. The molecular weight excluding hydrogens is 398 g/mol. The Morgan fingerprint density at radius 2 is 1.92 bits per heavy atom. The quantitative estimate of drug-likeness (QED) is 0.545. The summed E-state index contributed by atoms with van der Waals surface area (Å²) in [6, 6.07) is 13.3. The van der Waals surface area contributed by atoms with Crippen LogP contribution < -0.4 is 9.47 Å². The largest absolute Gasteiger partial charge is 0.496 e. The van der Waals surface area contributed by atoms with Gasteiger partial charge in [-0.15, -0.1) is 0 Å². The number of ether oxygens (including phenoxy) is 3. The monoisotopic (exact) mass is 417 g/mol. The number of aryl methyl sites for hydroxylation is 1. The molecule has 0 radical (unpaired) electrons. The zero-order valence-electron chi connectivity index (χ0n) is 14.9. The highest BCUT2D eigenvalue weighted by atomic mass is 79.9. The first-order valence-electron chi connectivity index (χ1n) is 8.26. The molecule has 3 aromatic rings. The normalized spacial score (nSPS) is 10.8. The highest BCUT2D eigenvalue weighted by molar-refractivity contribution is 9.10. The molecule has 2 aromatic carbocycles. The third-order valence-corrected chi connectivity index (χ3v) is 4.81. The van der Waals surface area contributed by atoms with Crippen LogP contribution in [0.4, 0.5) is 0 Å². The molecule has 0 saturated carbocycles. The second-order valence-electron chi connectivity index (χ2n) is 5.71. The Kier molecular flexibility index (Phi) is 5.52. The molecule has 0 atom stereocenters. The Balaban J connectivity index is 2.11. The summed E-state index contributed by atoms with van der Waals surface area (Å²) in [6.07, 6.45) is 0. The molecule has 0 aliphatic carbocycles. The number of hydrogen-bond acceptors (Lipinski definition) is 4. The zero-order chi connectivity index (χ0) is 18.7. The fraction of sp³-hybridized carbons (Fsp3) is 0.250. The lowest BCUT2D eigenvalue weighted by atomic mass is 10.1. The average Bonchev–Trinajstić information content (AvgIpc) is 2.91. The summed E-state index contributed by atoms with van der Waals surface area (Å²) < 4.78 is 19.3. The van der Waals surface area contributed by atoms with Crippen molar-refractivity contribution >= 4 is 32.8 Å². The molecule has 6 heteroatoms. The van der Waals surface area contributed by atoms with Crippen molar-refractivity contribution in [2.24, 2.45) is 7.05 Å². The van der Waals surface area contributed by atoms with Crippen molar-refractivity contribution in [2.45, 2.75) is 13.5 Å². The van der Waals surface area contributed by atoms with Gasteiger partial charge in [-0.3, -0.25) is 0 Å². The molecule has 0 aliphatic rings. The van der Waals surface area contributed by atoms with Gasteiger partial charge in [-0.05, 0) is 47.1 Å². The number of rotatable bonds is 6. The third kappa shape index (κ3) is 3.42. The minimum Gasteiger partial charge on any atom is -0.496 e. The van der Waals surface area contributed by atoms with E-state index in [1.165, 1.54) is 0 Å². The van der Waals surface area contributed by atoms with Crippen molar-refractivity contribution < 1.29 is 19.0 Å². The van der Waals surface area contributed by atoms with Crippen LogP contribution in [0, 0.1) is 0 Å². The van der Waals surface area contributed by atoms with Crippen molar-refractivity contribution in [3.8, 4) is 11.5 Å². The molecule has 0 spiro atoms. The summed E-state index contributed by atoms with van der Waals surface area (Å²) in [5.41, 5.74) is 2.15. The van der Waals surface area contributed by atoms with Crippen LogP contribution >= 0.6 is 15.9 Å². The van der Waals surface area contributed by atoms with E-state index in [1.54, 1.807) is 14.0 Å². The van der Waals surface area contributed by atoms with Crippen LogP contribution in [0.3, 0.4) is 0 Å². The predicted octanol–water partition coefficient (Wildman–Crippen LogP) is 4.71. The van der Waals surface area contributed by atoms with E-state index in [9.17, 15) is 4.79 Å². The van der Waals surface area contributed by atoms with Gasteiger partial charge in [0.05, 0.1) is 35.0 Å². The molecule has 5 nitrogen and oxygen atoms in total. The van der Waals surface area contributed by atoms with Crippen LogP contribution in [0.5, 0.6) is 11.5 Å². The number of esters is 1. The molecule has 0 aliphatic heterocycles. The fourth-order valence-electron chi connectivity index (χ4n) is 2.91. The molecular formula is C20H20BrNO4. The van der Waals surface area contributed by atoms with E-state index in [1.807, 2.05) is 54.1 Å². The van der Waals surface area contributed by atoms with E-state index in [0.717, 1.165) is 26.8 Å². The van der Waals surface area contributed by atoms with Gasteiger partial charge in [0.1, 0.15) is 18.1 Å². The fourth-order valence-corrected chi connectivity index (χ4v) is 3.41. The van der Waals surface area contributed by atoms with Gasteiger partial charge >= 0.3 is 5.97 Å². The highest BCUT2D eigenvalue weighted by Crippen LogP contribution is 2.35. The van der Waals surface area contributed by atoms with E-state index >= 15 is 0 Å². The summed E-state index contributed by atoms with van der Waals surface area (Å²) >= 11 is 3.50. The maximum Gasteiger partial charge on any atom is 0.340 e. The Labute approximate surface area is 160 Å². The van der Waals surface area contributed by atoms with Gasteiger partial charge in [0.2, 0.25) is 0 Å². The van der Waals surface area contributed by atoms with E-state index in [0.29, 0.717) is 17.9 Å². The number of carbonyl (C=O) groups is 1. The third-order valence-electron chi connectivity index (χ3n) is 4.19. The zero-order valence-corrected chi connectivity index (χ0v) is 16.5. The second-order valence-corrected chi connectivity index (χ2v) is 6.56. The SMILES string of the molecule is CCOC(=O)c1c(COc2ccccc2)n(C)c2cc(Br)c(OC)cc12. The first kappa shape index (κ1) is 18.3. The van der Waals surface area contributed by atoms with Crippen molar-refractivity contribution in [3.63, 3.8) is 0 Å². The first-order valence-corrected chi connectivity index (χ1v) is 9.05. The topological polar surface area (TPSA) is 49.7 Å². The van der Waals surface area contributed by atoms with Crippen LogP contribution in [0.25, 0.3) is 10.9 Å². The molecule has 0 fully saturated rings. The van der Waals surface area contributed by atoms with Crippen LogP contribution in [-0.2, 0) is 18.4 Å². The van der Waals surface area contributed by atoms with Crippen LogP contribution in [0.15, 0.2) is 46.9 Å². The number of benzene rings is 2. The first-order chi connectivity index (χ1) is 12.6. The summed E-state index contributed by atoms with van der Waals surface area (Å²) in [5, 5.41) is 0.776. The number of halogens is 1. The van der Waals surface area contributed by atoms with Crippen LogP contribution in [0.2, 0.25) is 0 Å². The molecule has 1 heterocycles. The number of methoxy groups -OCH3 is 1. The molecule has 0 amide bonds. The summed E-state index contributed by atoms with van der Waals surface area (Å²) in [7, 11) is 3.51. The number of aromatic nitrogens is 1. The number of nitrogens with zero attached hydrogens (tertiary/aromatic N) is 1. The molecule has 0 unspecified atom stereocenters. The smallest absolute Gasteiger partial charge is 0.340 e. The summed E-state index contributed by atoms with van der Waals surface area (Å²) in [6.45, 7) is 2.35. The Morgan fingerprint density at radius 1 is 1.19 bits per heavy atom. The minimum absolute atomic E-state index is 0.253. The lowest BCUT2D eigenvalue weighted by Gasteiger charge is -2.10. The van der Waals surface area contributed by atoms with Gasteiger partial charge in [-0.2, -0.15) is 0 Å². The van der Waals surface area contributed by atoms with Crippen molar-refractivity contribution in [1.29, 1.82) is 0 Å². The number of hydrogen-bond donors (Lipinski definition) is 0. The average molecular weight is 418 g/mol. The number of carbonyl (C=O) groups excluding carboxylic acids is 1. The van der Waals surface area contributed by atoms with Gasteiger partial charge in [-0.1, -0.05) is 18.2 Å². The van der Waals surface area contributed by atoms with E-state index in [-0.39, 0.29) is 12.6 Å². The standard InChI is InChI=1S/C20H20BrNO4/c1-4-25-20(23)19-14-10-18(24-3)15(21)11-16(14)22(2)17(19)12-26-13-8-6-5-7-9-13/h5-11H,4,12H2,1-3H3. The summed E-state index contributed by atoms with van der Waals surface area (Å²) in [5.74, 6) is 1.03. The van der Waals surface area contributed by atoms with Crippen molar-refractivity contribution in [1.82, 2.24) is 4.57 Å². The molecule has 136 valence electrons. The molecule has 3 rings (SSSR count). The van der Waals surface area contributed by atoms with Gasteiger partial charge in [0.25, 0.3) is 0 Å². The summed E-state index contributed by atoms with van der Waals surface area (Å²) in [4.78, 5) is 12.6. The maximum absolute atomic E-state index is 12.6. The Morgan fingerprint density at radius 3 is 2.58 bits per heavy atom. The lowest BCUT2D eigenvalue weighted by Crippen LogP contribution is -2.11. The Hall–Kier alpha value is -2.47. The van der Waals surface area contributed by atoms with E-state index in [2.05, 4.69) is 15.9 Å². The second kappa shape index (κ2) is 7.83. The maximum atomic E-state index is 12.6. The molecule has 0 N–H and O–H groups in total. The number of para-hydroxylation sites is 1. The van der Waals surface area contributed by atoms with E-state index in [4.69, 9.17) is 14.2 Å². The van der Waals surface area contributed by atoms with Gasteiger partial charge < -0.3 is 18.8 Å².